The molecule has 1 saturated heterocycles. The van der Waals surface area contributed by atoms with E-state index in [1.165, 1.54) is 0 Å². The summed E-state index contributed by atoms with van der Waals surface area (Å²) in [5.41, 5.74) is 4.17. The third-order valence-electron chi connectivity index (χ3n) is 5.76. The first kappa shape index (κ1) is 19.9. The molecule has 0 aliphatic carbocycles. The zero-order chi connectivity index (χ0) is 21.2. The summed E-state index contributed by atoms with van der Waals surface area (Å²) in [7, 11) is 1.65. The smallest absolute Gasteiger partial charge is 0.261 e. The van der Waals surface area contributed by atoms with E-state index in [2.05, 4.69) is 9.88 Å². The molecule has 8 nitrogen and oxygen atoms in total. The van der Waals surface area contributed by atoms with E-state index >= 15 is 0 Å². The highest BCUT2D eigenvalue weighted by atomic mass is 16.5. The van der Waals surface area contributed by atoms with Crippen molar-refractivity contribution in [2.75, 3.05) is 40.0 Å². The van der Waals surface area contributed by atoms with Gasteiger partial charge in [0.2, 0.25) is 0 Å². The molecule has 8 heteroatoms. The Labute approximate surface area is 179 Å². The second-order valence-electron chi connectivity index (χ2n) is 7.68. The molecule has 0 spiro atoms. The van der Waals surface area contributed by atoms with Crippen LogP contribution in [-0.4, -0.2) is 64.0 Å². The maximum atomic E-state index is 13.1. The van der Waals surface area contributed by atoms with E-state index in [1.807, 2.05) is 42.6 Å². The first-order valence-corrected chi connectivity index (χ1v) is 10.5. The summed E-state index contributed by atoms with van der Waals surface area (Å²) >= 11 is 0. The fourth-order valence-electron chi connectivity index (χ4n) is 4.14. The first-order valence-electron chi connectivity index (χ1n) is 10.5. The van der Waals surface area contributed by atoms with Crippen LogP contribution in [0.25, 0.3) is 27.7 Å². The van der Waals surface area contributed by atoms with Crippen LogP contribution in [0.2, 0.25) is 0 Å². The van der Waals surface area contributed by atoms with Crippen molar-refractivity contribution < 1.29 is 9.47 Å². The Balaban J connectivity index is 1.57. The third kappa shape index (κ3) is 3.74. The largest absolute Gasteiger partial charge is 0.379 e. The molecule has 0 unspecified atom stereocenters. The number of ether oxygens (including phenoxy) is 2. The zero-order valence-corrected chi connectivity index (χ0v) is 17.5. The van der Waals surface area contributed by atoms with Crippen LogP contribution < -0.4 is 5.56 Å². The Morgan fingerprint density at radius 1 is 1.10 bits per heavy atom. The number of rotatable bonds is 6. The highest BCUT2D eigenvalue weighted by Crippen LogP contribution is 2.29. The number of nitrogens with zero attached hydrogens (tertiary/aromatic N) is 5. The highest BCUT2D eigenvalue weighted by Gasteiger charge is 2.19. The molecular weight excluding hydrogens is 394 g/mol. The number of benzene rings is 1. The molecule has 160 valence electrons. The average Bonchev–Trinajstić information content (AvgIpc) is 3.18. The fourth-order valence-corrected chi connectivity index (χ4v) is 4.14. The Morgan fingerprint density at radius 3 is 2.68 bits per heavy atom. The van der Waals surface area contributed by atoms with Crippen molar-refractivity contribution >= 4 is 16.6 Å². The topological polar surface area (TPSA) is 73.9 Å². The van der Waals surface area contributed by atoms with Gasteiger partial charge in [-0.15, -0.1) is 0 Å². The molecule has 1 aliphatic rings. The molecule has 0 atom stereocenters. The highest BCUT2D eigenvalue weighted by molar-refractivity contribution is 5.86. The third-order valence-corrected chi connectivity index (χ3v) is 5.76. The maximum absolute atomic E-state index is 13.1. The van der Waals surface area contributed by atoms with Gasteiger partial charge in [0.05, 0.1) is 42.0 Å². The SMILES string of the molecule is COCc1nn2c(ncc3c(=O)n(CCN4CCOCC4)ccc32)c1-c1ccccc1. The van der Waals surface area contributed by atoms with Gasteiger partial charge in [0.15, 0.2) is 5.65 Å². The second-order valence-corrected chi connectivity index (χ2v) is 7.68. The normalized spacial score (nSPS) is 15.1. The number of hydrogen-bond donors (Lipinski definition) is 0. The molecule has 3 aromatic heterocycles. The number of hydrogen-bond acceptors (Lipinski definition) is 6. The Kier molecular flexibility index (Phi) is 5.50. The molecule has 0 saturated carbocycles. The molecule has 0 bridgehead atoms. The molecule has 4 heterocycles. The minimum absolute atomic E-state index is 0.0507. The van der Waals surface area contributed by atoms with Crippen LogP contribution in [0.1, 0.15) is 5.69 Å². The minimum atomic E-state index is -0.0507. The summed E-state index contributed by atoms with van der Waals surface area (Å²) in [5.74, 6) is 0. The Morgan fingerprint density at radius 2 is 1.90 bits per heavy atom. The number of fused-ring (bicyclic) bond motifs is 3. The van der Waals surface area contributed by atoms with Gasteiger partial charge in [-0.05, 0) is 11.6 Å². The molecule has 5 rings (SSSR count). The van der Waals surface area contributed by atoms with Gasteiger partial charge in [-0.3, -0.25) is 9.69 Å². The van der Waals surface area contributed by atoms with Gasteiger partial charge in [0, 0.05) is 45.7 Å². The van der Waals surface area contributed by atoms with Crippen molar-refractivity contribution in [1.29, 1.82) is 0 Å². The van der Waals surface area contributed by atoms with Crippen LogP contribution in [0.15, 0.2) is 53.6 Å². The molecule has 1 aliphatic heterocycles. The van der Waals surface area contributed by atoms with Crippen LogP contribution in [0.3, 0.4) is 0 Å². The Bertz CT molecular complexity index is 1260. The van der Waals surface area contributed by atoms with E-state index in [-0.39, 0.29) is 5.56 Å². The number of methoxy groups -OCH3 is 1. The van der Waals surface area contributed by atoms with E-state index in [0.29, 0.717) is 18.5 Å². The summed E-state index contributed by atoms with van der Waals surface area (Å²) in [5, 5.41) is 5.31. The van der Waals surface area contributed by atoms with Crippen molar-refractivity contribution in [3.63, 3.8) is 0 Å². The van der Waals surface area contributed by atoms with Gasteiger partial charge < -0.3 is 14.0 Å². The van der Waals surface area contributed by atoms with Crippen molar-refractivity contribution in [1.82, 2.24) is 24.1 Å². The molecule has 1 fully saturated rings. The Hall–Kier alpha value is -3.07. The van der Waals surface area contributed by atoms with Crippen LogP contribution in [0.5, 0.6) is 0 Å². The summed E-state index contributed by atoms with van der Waals surface area (Å²) in [6.45, 7) is 5.14. The molecule has 4 aromatic rings. The van der Waals surface area contributed by atoms with Gasteiger partial charge in [0.25, 0.3) is 5.56 Å². The maximum Gasteiger partial charge on any atom is 0.261 e. The van der Waals surface area contributed by atoms with Crippen LogP contribution in [-0.2, 0) is 22.6 Å². The van der Waals surface area contributed by atoms with Gasteiger partial charge in [0.1, 0.15) is 0 Å². The minimum Gasteiger partial charge on any atom is -0.379 e. The lowest BCUT2D eigenvalue weighted by molar-refractivity contribution is 0.0363. The van der Waals surface area contributed by atoms with Gasteiger partial charge in [-0.2, -0.15) is 5.10 Å². The van der Waals surface area contributed by atoms with E-state index in [4.69, 9.17) is 14.6 Å². The van der Waals surface area contributed by atoms with Gasteiger partial charge >= 0.3 is 0 Å². The number of aromatic nitrogens is 4. The van der Waals surface area contributed by atoms with Crippen LogP contribution in [0, 0.1) is 0 Å². The molecule has 0 amide bonds. The van der Waals surface area contributed by atoms with Crippen molar-refractivity contribution in [2.24, 2.45) is 0 Å². The molecule has 1 aromatic carbocycles. The van der Waals surface area contributed by atoms with E-state index in [1.54, 1.807) is 22.4 Å². The van der Waals surface area contributed by atoms with E-state index in [9.17, 15) is 4.79 Å². The van der Waals surface area contributed by atoms with Crippen LogP contribution >= 0.6 is 0 Å². The summed E-state index contributed by atoms with van der Waals surface area (Å²) in [6, 6.07) is 12.0. The molecule has 31 heavy (non-hydrogen) atoms. The van der Waals surface area contributed by atoms with Crippen LogP contribution in [0.4, 0.5) is 0 Å². The van der Waals surface area contributed by atoms with Crippen molar-refractivity contribution in [2.45, 2.75) is 13.2 Å². The zero-order valence-electron chi connectivity index (χ0n) is 17.5. The lowest BCUT2D eigenvalue weighted by atomic mass is 10.1. The predicted molar refractivity (Wildman–Crippen MR) is 118 cm³/mol. The van der Waals surface area contributed by atoms with Gasteiger partial charge in [-0.1, -0.05) is 30.3 Å². The quantitative estimate of drug-likeness (QED) is 0.477. The predicted octanol–water partition coefficient (Wildman–Crippen LogP) is 2.19. The first-order chi connectivity index (χ1) is 15.3. The lowest BCUT2D eigenvalue weighted by Gasteiger charge is -2.26. The molecule has 0 N–H and O–H groups in total. The average molecular weight is 419 g/mol. The summed E-state index contributed by atoms with van der Waals surface area (Å²) < 4.78 is 14.3. The number of pyridine rings is 1. The monoisotopic (exact) mass is 419 g/mol. The molecular formula is C23H25N5O3. The fraction of sp³-hybridized carbons (Fsp3) is 0.348. The lowest BCUT2D eigenvalue weighted by Crippen LogP contribution is -2.39. The number of morpholine rings is 1. The van der Waals surface area contributed by atoms with Crippen molar-refractivity contribution in [3.05, 3.63) is 64.8 Å². The summed E-state index contributed by atoms with van der Waals surface area (Å²) in [6.07, 6.45) is 3.52. The van der Waals surface area contributed by atoms with E-state index in [0.717, 1.165) is 60.8 Å². The standard InChI is InChI=1S/C23H25N5O3/c1-30-16-19-21(17-5-3-2-4-6-17)22-24-15-18-20(28(22)25-19)7-8-27(23(18)29)10-9-26-11-13-31-14-12-26/h2-8,15H,9-14,16H2,1H3. The second kappa shape index (κ2) is 8.58. The molecule has 0 radical (unpaired) electrons. The van der Waals surface area contributed by atoms with Gasteiger partial charge in [-0.25, -0.2) is 9.50 Å². The van der Waals surface area contributed by atoms with E-state index < -0.39 is 0 Å². The van der Waals surface area contributed by atoms with Crippen molar-refractivity contribution in [3.8, 4) is 11.1 Å². The summed E-state index contributed by atoms with van der Waals surface area (Å²) in [4.78, 5) is 20.1.